The molecule has 1 aromatic rings. The third-order valence-electron chi connectivity index (χ3n) is 2.41. The second kappa shape index (κ2) is 5.25. The molecule has 0 fully saturated rings. The first kappa shape index (κ1) is 14.3. The molecule has 1 atom stereocenters. The van der Waals surface area contributed by atoms with Gasteiger partial charge >= 0.3 is 0 Å². The summed E-state index contributed by atoms with van der Waals surface area (Å²) in [5, 5.41) is 5.96. The Hall–Kier alpha value is -1.78. The summed E-state index contributed by atoms with van der Waals surface area (Å²) in [7, 11) is 0. The number of amides is 1. The molecule has 0 saturated heterocycles. The first-order valence-corrected chi connectivity index (χ1v) is 6.00. The van der Waals surface area contributed by atoms with Gasteiger partial charge in [0.15, 0.2) is 0 Å². The number of aromatic nitrogens is 1. The third-order valence-corrected chi connectivity index (χ3v) is 2.41. The molecule has 1 heterocycles. The first-order valence-electron chi connectivity index (χ1n) is 6.00. The van der Waals surface area contributed by atoms with Gasteiger partial charge in [-0.2, -0.15) is 0 Å². The zero-order valence-electron chi connectivity index (χ0n) is 11.7. The van der Waals surface area contributed by atoms with E-state index in [1.54, 1.807) is 13.1 Å². The second-order valence-electron chi connectivity index (χ2n) is 5.53. The Balaban J connectivity index is 2.66. The normalized spacial score (nSPS) is 12.9. The zero-order chi connectivity index (χ0) is 13.9. The lowest BCUT2D eigenvalue weighted by Crippen LogP contribution is -2.47. The van der Waals surface area contributed by atoms with Crippen molar-refractivity contribution in [2.45, 2.75) is 46.2 Å². The van der Waals surface area contributed by atoms with Crippen molar-refractivity contribution in [3.8, 4) is 0 Å². The quantitative estimate of drug-likeness (QED) is 0.762. The molecule has 1 unspecified atom stereocenters. The van der Waals surface area contributed by atoms with Gasteiger partial charge in [-0.15, -0.1) is 0 Å². The molecule has 0 bridgehead atoms. The summed E-state index contributed by atoms with van der Waals surface area (Å²) in [6.07, 6.45) is 1.59. The molecule has 5 heteroatoms. The lowest BCUT2D eigenvalue weighted by Gasteiger charge is -2.24. The summed E-state index contributed by atoms with van der Waals surface area (Å²) in [5.74, 6) is 0.594. The number of pyridine rings is 1. The number of nitrogens with zero attached hydrogens (tertiary/aromatic N) is 1. The van der Waals surface area contributed by atoms with Crippen LogP contribution < -0.4 is 16.4 Å². The van der Waals surface area contributed by atoms with E-state index in [0.717, 1.165) is 5.56 Å². The molecule has 0 aliphatic rings. The van der Waals surface area contributed by atoms with Crippen molar-refractivity contribution >= 4 is 17.4 Å². The zero-order valence-corrected chi connectivity index (χ0v) is 11.7. The third kappa shape index (κ3) is 4.24. The number of aryl methyl sites for hydroxylation is 1. The molecule has 0 aliphatic carbocycles. The molecule has 0 radical (unpaired) electrons. The molecule has 1 rings (SSSR count). The van der Waals surface area contributed by atoms with E-state index in [2.05, 4.69) is 15.6 Å². The van der Waals surface area contributed by atoms with Gasteiger partial charge < -0.3 is 16.4 Å². The van der Waals surface area contributed by atoms with Gasteiger partial charge in [0.2, 0.25) is 5.91 Å². The van der Waals surface area contributed by atoms with Crippen LogP contribution in [0.2, 0.25) is 0 Å². The smallest absolute Gasteiger partial charge is 0.242 e. The first-order chi connectivity index (χ1) is 8.19. The van der Waals surface area contributed by atoms with E-state index in [9.17, 15) is 4.79 Å². The number of hydrogen-bond acceptors (Lipinski definition) is 4. The van der Waals surface area contributed by atoms with Gasteiger partial charge in [0.1, 0.15) is 11.9 Å². The summed E-state index contributed by atoms with van der Waals surface area (Å²) in [6.45, 7) is 9.55. The maximum atomic E-state index is 11.9. The summed E-state index contributed by atoms with van der Waals surface area (Å²) < 4.78 is 0. The van der Waals surface area contributed by atoms with E-state index in [0.29, 0.717) is 11.5 Å². The Morgan fingerprint density at radius 1 is 1.44 bits per heavy atom. The van der Waals surface area contributed by atoms with E-state index in [1.807, 2.05) is 33.8 Å². The summed E-state index contributed by atoms with van der Waals surface area (Å²) in [5.41, 5.74) is 7.04. The van der Waals surface area contributed by atoms with Crippen LogP contribution in [0.3, 0.4) is 0 Å². The van der Waals surface area contributed by atoms with Crippen LogP contribution in [-0.4, -0.2) is 22.5 Å². The fourth-order valence-corrected chi connectivity index (χ4v) is 1.41. The maximum Gasteiger partial charge on any atom is 0.242 e. The number of hydrogen-bond donors (Lipinski definition) is 3. The van der Waals surface area contributed by atoms with E-state index < -0.39 is 0 Å². The molecule has 4 N–H and O–H groups in total. The standard InChI is InChI=1S/C13H22N4O/c1-8-6-11(15-7-10(8)14)16-9(2)12(18)17-13(3,4)5/h6-7,9H,14H2,1-5H3,(H,15,16)(H,17,18). The van der Waals surface area contributed by atoms with E-state index in [4.69, 9.17) is 5.73 Å². The van der Waals surface area contributed by atoms with Gasteiger partial charge in [-0.25, -0.2) is 4.98 Å². The predicted octanol–water partition coefficient (Wildman–Crippen LogP) is 1.69. The number of carbonyl (C=O) groups is 1. The van der Waals surface area contributed by atoms with Crippen LogP contribution >= 0.6 is 0 Å². The molecular formula is C13H22N4O. The van der Waals surface area contributed by atoms with Crippen molar-refractivity contribution in [3.05, 3.63) is 17.8 Å². The Morgan fingerprint density at radius 2 is 2.06 bits per heavy atom. The largest absolute Gasteiger partial charge is 0.397 e. The van der Waals surface area contributed by atoms with Gasteiger partial charge in [-0.1, -0.05) is 0 Å². The van der Waals surface area contributed by atoms with Crippen molar-refractivity contribution in [2.75, 3.05) is 11.1 Å². The molecule has 18 heavy (non-hydrogen) atoms. The number of rotatable bonds is 3. The van der Waals surface area contributed by atoms with Crippen molar-refractivity contribution in [3.63, 3.8) is 0 Å². The SMILES string of the molecule is Cc1cc(NC(C)C(=O)NC(C)(C)C)ncc1N. The van der Waals surface area contributed by atoms with Crippen LogP contribution in [0.4, 0.5) is 11.5 Å². The predicted molar refractivity (Wildman–Crippen MR) is 74.4 cm³/mol. The van der Waals surface area contributed by atoms with E-state index in [1.165, 1.54) is 0 Å². The highest BCUT2D eigenvalue weighted by atomic mass is 16.2. The molecule has 0 saturated carbocycles. The van der Waals surface area contributed by atoms with Crippen molar-refractivity contribution in [1.29, 1.82) is 0 Å². The Kier molecular flexibility index (Phi) is 4.16. The van der Waals surface area contributed by atoms with Crippen molar-refractivity contribution in [2.24, 2.45) is 0 Å². The number of nitrogens with one attached hydrogen (secondary N) is 2. The number of nitrogen functional groups attached to an aromatic ring is 1. The average Bonchev–Trinajstić information content (AvgIpc) is 2.21. The Labute approximate surface area is 108 Å². The molecule has 0 aliphatic heterocycles. The van der Waals surface area contributed by atoms with Crippen LogP contribution in [0.15, 0.2) is 12.3 Å². The molecule has 100 valence electrons. The topological polar surface area (TPSA) is 80.0 Å². The van der Waals surface area contributed by atoms with Crippen molar-refractivity contribution in [1.82, 2.24) is 10.3 Å². The van der Waals surface area contributed by atoms with Gasteiger partial charge in [-0.3, -0.25) is 4.79 Å². The van der Waals surface area contributed by atoms with E-state index in [-0.39, 0.29) is 17.5 Å². The van der Waals surface area contributed by atoms with Gasteiger partial charge in [0.05, 0.1) is 11.9 Å². The summed E-state index contributed by atoms with van der Waals surface area (Å²) >= 11 is 0. The highest BCUT2D eigenvalue weighted by Crippen LogP contribution is 2.14. The maximum absolute atomic E-state index is 11.9. The van der Waals surface area contributed by atoms with Crippen LogP contribution in [0, 0.1) is 6.92 Å². The van der Waals surface area contributed by atoms with Crippen molar-refractivity contribution < 1.29 is 4.79 Å². The van der Waals surface area contributed by atoms with Crippen LogP contribution in [-0.2, 0) is 4.79 Å². The van der Waals surface area contributed by atoms with Gasteiger partial charge in [0.25, 0.3) is 0 Å². The lowest BCUT2D eigenvalue weighted by atomic mass is 10.1. The monoisotopic (exact) mass is 250 g/mol. The average molecular weight is 250 g/mol. The summed E-state index contributed by atoms with van der Waals surface area (Å²) in [4.78, 5) is 16.0. The fourth-order valence-electron chi connectivity index (χ4n) is 1.41. The molecule has 0 aromatic carbocycles. The molecule has 1 aromatic heterocycles. The minimum atomic E-state index is -0.347. The minimum absolute atomic E-state index is 0.0567. The Morgan fingerprint density at radius 3 is 2.56 bits per heavy atom. The lowest BCUT2D eigenvalue weighted by molar-refractivity contribution is -0.122. The van der Waals surface area contributed by atoms with Gasteiger partial charge in [-0.05, 0) is 46.2 Å². The Bertz CT molecular complexity index is 437. The molecule has 5 nitrogen and oxygen atoms in total. The number of carbonyl (C=O) groups excluding carboxylic acids is 1. The molecular weight excluding hydrogens is 228 g/mol. The highest BCUT2D eigenvalue weighted by molar-refractivity contribution is 5.84. The molecule has 1 amide bonds. The summed E-state index contributed by atoms with van der Waals surface area (Å²) in [6, 6.07) is 1.48. The van der Waals surface area contributed by atoms with Crippen LogP contribution in [0.25, 0.3) is 0 Å². The fraction of sp³-hybridized carbons (Fsp3) is 0.538. The van der Waals surface area contributed by atoms with Gasteiger partial charge in [0, 0.05) is 5.54 Å². The number of nitrogens with two attached hydrogens (primary N) is 1. The minimum Gasteiger partial charge on any atom is -0.397 e. The van der Waals surface area contributed by atoms with Crippen LogP contribution in [0.1, 0.15) is 33.3 Å². The van der Waals surface area contributed by atoms with Crippen LogP contribution in [0.5, 0.6) is 0 Å². The van der Waals surface area contributed by atoms with E-state index >= 15 is 0 Å². The second-order valence-corrected chi connectivity index (χ2v) is 5.53. The number of anilines is 2. The highest BCUT2D eigenvalue weighted by Gasteiger charge is 2.19. The molecule has 0 spiro atoms.